The SMILES string of the molecule is CC.CC(C)(C)OC(=O)N1CCC[C@](CC=O)(c2ccc(Cl)c(Cl)c2)C1. The van der Waals surface area contributed by atoms with E-state index in [0.29, 0.717) is 29.6 Å². The molecule has 1 aliphatic rings. The number of halogens is 2. The Bertz CT molecular complexity index is 628. The van der Waals surface area contributed by atoms with Crippen LogP contribution in [-0.2, 0) is 14.9 Å². The number of carbonyl (C=O) groups is 2. The molecule has 6 heteroatoms. The average Bonchev–Trinajstić information content (AvgIpc) is 2.58. The van der Waals surface area contributed by atoms with E-state index in [1.54, 1.807) is 17.0 Å². The van der Waals surface area contributed by atoms with Crippen LogP contribution in [0.25, 0.3) is 0 Å². The van der Waals surface area contributed by atoms with Gasteiger partial charge in [-0.3, -0.25) is 0 Å². The second kappa shape index (κ2) is 9.61. The van der Waals surface area contributed by atoms with Crippen molar-refractivity contribution in [2.24, 2.45) is 0 Å². The van der Waals surface area contributed by atoms with Crippen molar-refractivity contribution in [3.05, 3.63) is 33.8 Å². The summed E-state index contributed by atoms with van der Waals surface area (Å²) in [6.07, 6.45) is 2.49. The molecule has 0 aliphatic carbocycles. The van der Waals surface area contributed by atoms with Gasteiger partial charge in [0.2, 0.25) is 0 Å². The van der Waals surface area contributed by atoms with E-state index >= 15 is 0 Å². The summed E-state index contributed by atoms with van der Waals surface area (Å²) in [4.78, 5) is 25.4. The first-order valence-corrected chi connectivity index (χ1v) is 9.79. The van der Waals surface area contributed by atoms with Gasteiger partial charge in [-0.1, -0.05) is 43.1 Å². The average molecular weight is 402 g/mol. The van der Waals surface area contributed by atoms with E-state index in [-0.39, 0.29) is 6.09 Å². The van der Waals surface area contributed by atoms with Crippen molar-refractivity contribution in [2.75, 3.05) is 13.1 Å². The Balaban J connectivity index is 0.00000163. The third-order valence-corrected chi connectivity index (χ3v) is 4.97. The Hall–Kier alpha value is -1.26. The first-order valence-electron chi connectivity index (χ1n) is 9.04. The van der Waals surface area contributed by atoms with E-state index in [9.17, 15) is 9.59 Å². The largest absolute Gasteiger partial charge is 0.444 e. The predicted octanol–water partition coefficient (Wildman–Crippen LogP) is 5.88. The van der Waals surface area contributed by atoms with E-state index in [1.165, 1.54) is 0 Å². The summed E-state index contributed by atoms with van der Waals surface area (Å²) in [5.74, 6) is 0. The number of amides is 1. The van der Waals surface area contributed by atoms with Crippen LogP contribution in [0.4, 0.5) is 4.79 Å². The molecule has 0 saturated carbocycles. The standard InChI is InChI=1S/C18H23Cl2NO3.C2H6/c1-17(2,3)24-16(23)21-9-4-7-18(12-21,8-10-22)13-5-6-14(19)15(20)11-13;1-2/h5-6,10-11H,4,7-9,12H2,1-3H3;1-2H3/t18-;/m1./s1. The molecule has 1 amide bonds. The van der Waals surface area contributed by atoms with Crippen LogP contribution in [-0.4, -0.2) is 36.0 Å². The van der Waals surface area contributed by atoms with Gasteiger partial charge in [0.15, 0.2) is 0 Å². The van der Waals surface area contributed by atoms with Crippen molar-refractivity contribution in [1.82, 2.24) is 4.90 Å². The zero-order chi connectivity index (χ0) is 20.0. The molecule has 0 spiro atoms. The Kier molecular flexibility index (Phi) is 8.42. The molecule has 146 valence electrons. The number of nitrogens with zero attached hydrogens (tertiary/aromatic N) is 1. The predicted molar refractivity (Wildman–Crippen MR) is 107 cm³/mol. The van der Waals surface area contributed by atoms with E-state index in [0.717, 1.165) is 24.7 Å². The first-order chi connectivity index (χ1) is 12.2. The first kappa shape index (κ1) is 22.8. The van der Waals surface area contributed by atoms with Crippen molar-refractivity contribution in [2.45, 2.75) is 64.9 Å². The molecule has 0 unspecified atom stereocenters. The Morgan fingerprint density at radius 3 is 2.46 bits per heavy atom. The fraction of sp³-hybridized carbons (Fsp3) is 0.600. The normalized spacial score (nSPS) is 20.0. The third-order valence-electron chi connectivity index (χ3n) is 4.23. The van der Waals surface area contributed by atoms with Crippen LogP contribution in [0.1, 0.15) is 59.4 Å². The van der Waals surface area contributed by atoms with Gasteiger partial charge in [0.1, 0.15) is 11.9 Å². The van der Waals surface area contributed by atoms with Crippen molar-refractivity contribution in [3.8, 4) is 0 Å². The molecule has 1 atom stereocenters. The molecule has 1 aromatic carbocycles. The van der Waals surface area contributed by atoms with Crippen LogP contribution < -0.4 is 0 Å². The molecule has 1 saturated heterocycles. The molecule has 1 aliphatic heterocycles. The number of aldehydes is 1. The minimum Gasteiger partial charge on any atom is -0.444 e. The summed E-state index contributed by atoms with van der Waals surface area (Å²) >= 11 is 12.2. The number of hydrogen-bond donors (Lipinski definition) is 0. The zero-order valence-electron chi connectivity index (χ0n) is 16.3. The maximum atomic E-state index is 12.4. The van der Waals surface area contributed by atoms with E-state index in [4.69, 9.17) is 27.9 Å². The van der Waals surface area contributed by atoms with Gasteiger partial charge in [0, 0.05) is 24.9 Å². The summed E-state index contributed by atoms with van der Waals surface area (Å²) in [5, 5.41) is 0.926. The lowest BCUT2D eigenvalue weighted by Crippen LogP contribution is -2.50. The van der Waals surface area contributed by atoms with Gasteiger partial charge in [-0.2, -0.15) is 0 Å². The van der Waals surface area contributed by atoms with Gasteiger partial charge in [0.05, 0.1) is 10.0 Å². The van der Waals surface area contributed by atoms with E-state index < -0.39 is 11.0 Å². The highest BCUT2D eigenvalue weighted by atomic mass is 35.5. The van der Waals surface area contributed by atoms with Crippen molar-refractivity contribution >= 4 is 35.6 Å². The van der Waals surface area contributed by atoms with Gasteiger partial charge in [-0.25, -0.2) is 4.79 Å². The van der Waals surface area contributed by atoms with Crippen molar-refractivity contribution < 1.29 is 14.3 Å². The number of piperidine rings is 1. The Morgan fingerprint density at radius 2 is 1.92 bits per heavy atom. The lowest BCUT2D eigenvalue weighted by molar-refractivity contribution is -0.109. The molecule has 0 aromatic heterocycles. The number of benzene rings is 1. The minimum atomic E-state index is -0.550. The third kappa shape index (κ3) is 5.88. The van der Waals surface area contributed by atoms with Crippen LogP contribution in [0.15, 0.2) is 18.2 Å². The minimum absolute atomic E-state index is 0.324. The Labute approximate surface area is 166 Å². The highest BCUT2D eigenvalue weighted by Crippen LogP contribution is 2.39. The summed E-state index contributed by atoms with van der Waals surface area (Å²) in [6, 6.07) is 5.42. The fourth-order valence-corrected chi connectivity index (χ4v) is 3.42. The maximum Gasteiger partial charge on any atom is 0.410 e. The Morgan fingerprint density at radius 1 is 1.27 bits per heavy atom. The molecule has 1 fully saturated rings. The quantitative estimate of drug-likeness (QED) is 0.594. The molecule has 0 bridgehead atoms. The zero-order valence-corrected chi connectivity index (χ0v) is 17.8. The second-order valence-corrected chi connectivity index (χ2v) is 8.10. The molecule has 2 rings (SSSR count). The van der Waals surface area contributed by atoms with Crippen molar-refractivity contribution in [1.29, 1.82) is 0 Å². The monoisotopic (exact) mass is 401 g/mol. The summed E-state index contributed by atoms with van der Waals surface area (Å²) in [7, 11) is 0. The fourth-order valence-electron chi connectivity index (χ4n) is 3.12. The molecule has 26 heavy (non-hydrogen) atoms. The second-order valence-electron chi connectivity index (χ2n) is 7.29. The number of likely N-dealkylation sites (tertiary alicyclic amines) is 1. The van der Waals surface area contributed by atoms with Crippen LogP contribution >= 0.6 is 23.2 Å². The maximum absolute atomic E-state index is 12.4. The lowest BCUT2D eigenvalue weighted by atomic mass is 9.72. The summed E-state index contributed by atoms with van der Waals surface area (Å²) in [5.41, 5.74) is -0.0754. The lowest BCUT2D eigenvalue weighted by Gasteiger charge is -2.42. The molecule has 0 radical (unpaired) electrons. The van der Waals surface area contributed by atoms with Crippen LogP contribution in [0, 0.1) is 0 Å². The number of ether oxygens (including phenoxy) is 1. The van der Waals surface area contributed by atoms with Gasteiger partial charge in [0.25, 0.3) is 0 Å². The van der Waals surface area contributed by atoms with Gasteiger partial charge < -0.3 is 14.4 Å². The smallest absolute Gasteiger partial charge is 0.410 e. The molecule has 0 N–H and O–H groups in total. The highest BCUT2D eigenvalue weighted by Gasteiger charge is 2.39. The van der Waals surface area contributed by atoms with Gasteiger partial charge in [-0.15, -0.1) is 0 Å². The number of carbonyl (C=O) groups excluding carboxylic acids is 2. The van der Waals surface area contributed by atoms with Gasteiger partial charge in [-0.05, 0) is 51.3 Å². The highest BCUT2D eigenvalue weighted by molar-refractivity contribution is 6.42. The molecular weight excluding hydrogens is 373 g/mol. The van der Waals surface area contributed by atoms with Gasteiger partial charge >= 0.3 is 6.09 Å². The number of hydrogen-bond acceptors (Lipinski definition) is 3. The van der Waals surface area contributed by atoms with E-state index in [2.05, 4.69) is 0 Å². The number of rotatable bonds is 3. The summed E-state index contributed by atoms with van der Waals surface area (Å²) in [6.45, 7) is 10.6. The molecular formula is C20H29Cl2NO3. The van der Waals surface area contributed by atoms with Crippen LogP contribution in [0.2, 0.25) is 10.0 Å². The topological polar surface area (TPSA) is 46.6 Å². The van der Waals surface area contributed by atoms with E-state index in [1.807, 2.05) is 40.7 Å². The molecule has 1 aromatic rings. The van der Waals surface area contributed by atoms with Crippen molar-refractivity contribution in [3.63, 3.8) is 0 Å². The summed E-state index contributed by atoms with van der Waals surface area (Å²) < 4.78 is 5.48. The van der Waals surface area contributed by atoms with Crippen LogP contribution in [0.3, 0.4) is 0 Å². The molecule has 1 heterocycles. The van der Waals surface area contributed by atoms with Crippen LogP contribution in [0.5, 0.6) is 0 Å². The molecule has 4 nitrogen and oxygen atoms in total.